The molecule has 3 rings (SSSR count). The van der Waals surface area contributed by atoms with Gasteiger partial charge in [0.25, 0.3) is 0 Å². The molecule has 0 unspecified atom stereocenters. The Morgan fingerprint density at radius 2 is 1.76 bits per heavy atom. The molecule has 0 bridgehead atoms. The molecule has 0 fully saturated rings. The summed E-state index contributed by atoms with van der Waals surface area (Å²) in [6.07, 6.45) is -3.09. The molecule has 3 aromatic carbocycles. The van der Waals surface area contributed by atoms with E-state index in [9.17, 15) is 28.5 Å². The highest BCUT2D eigenvalue weighted by atomic mass is 19.4. The number of benzene rings is 3. The molecular weight excluding hydrogens is 437 g/mol. The van der Waals surface area contributed by atoms with Gasteiger partial charge in [0, 0.05) is 6.07 Å². The molecule has 0 saturated heterocycles. The minimum Gasteiger partial charge on any atom is -0.490 e. The van der Waals surface area contributed by atoms with Crippen LogP contribution in [0.15, 0.2) is 66.7 Å². The van der Waals surface area contributed by atoms with E-state index in [-0.39, 0.29) is 23.9 Å². The Bertz CT molecular complexity index is 1230. The normalized spacial score (nSPS) is 11.5. The summed E-state index contributed by atoms with van der Waals surface area (Å²) in [5.41, 5.74) is -0.249. The third kappa shape index (κ3) is 5.68. The number of rotatable bonds is 7. The highest BCUT2D eigenvalue weighted by Gasteiger charge is 2.33. The maximum atomic E-state index is 12.9. The van der Waals surface area contributed by atoms with Crippen molar-refractivity contribution in [1.82, 2.24) is 0 Å². The van der Waals surface area contributed by atoms with Crippen LogP contribution in [-0.2, 0) is 6.18 Å². The second-order valence-electron chi connectivity index (χ2n) is 6.71. The molecule has 0 atom stereocenters. The zero-order valence-electron chi connectivity index (χ0n) is 17.3. The van der Waals surface area contributed by atoms with Crippen molar-refractivity contribution < 1.29 is 27.6 Å². The Labute approximate surface area is 187 Å². The van der Waals surface area contributed by atoms with E-state index < -0.39 is 22.4 Å². The van der Waals surface area contributed by atoms with E-state index in [4.69, 9.17) is 9.47 Å². The molecule has 0 aromatic heterocycles. The van der Waals surface area contributed by atoms with Gasteiger partial charge in [-0.1, -0.05) is 36.4 Å². The van der Waals surface area contributed by atoms with Gasteiger partial charge in [-0.15, -0.1) is 0 Å². The minimum atomic E-state index is -4.73. The van der Waals surface area contributed by atoms with Gasteiger partial charge in [-0.05, 0) is 48.4 Å². The Morgan fingerprint density at radius 3 is 2.36 bits per heavy atom. The Kier molecular flexibility index (Phi) is 6.98. The molecule has 6 nitrogen and oxygen atoms in total. The van der Waals surface area contributed by atoms with Crippen LogP contribution >= 0.6 is 0 Å². The van der Waals surface area contributed by atoms with Gasteiger partial charge in [0.2, 0.25) is 5.75 Å². The minimum absolute atomic E-state index is 0.0788. The maximum absolute atomic E-state index is 12.9. The van der Waals surface area contributed by atoms with Crippen molar-refractivity contribution in [2.45, 2.75) is 13.1 Å². The van der Waals surface area contributed by atoms with E-state index in [2.05, 4.69) is 6.07 Å². The van der Waals surface area contributed by atoms with E-state index in [0.717, 1.165) is 11.6 Å². The molecule has 0 N–H and O–H groups in total. The van der Waals surface area contributed by atoms with Crippen LogP contribution in [0.4, 0.5) is 18.9 Å². The SMILES string of the molecule is CCOc1cc(/C=C(\C#N)c2ccccc2)ccc1Oc1ccc(C(F)(F)F)cc1[N+](=O)[O-]. The summed E-state index contributed by atoms with van der Waals surface area (Å²) < 4.78 is 50.0. The van der Waals surface area contributed by atoms with Crippen molar-refractivity contribution in [3.8, 4) is 23.3 Å². The zero-order chi connectivity index (χ0) is 24.0. The first-order chi connectivity index (χ1) is 15.7. The third-order valence-corrected chi connectivity index (χ3v) is 4.49. The van der Waals surface area contributed by atoms with Crippen LogP contribution in [0, 0.1) is 21.4 Å². The lowest BCUT2D eigenvalue weighted by Gasteiger charge is -2.14. The number of hydrogen-bond acceptors (Lipinski definition) is 5. The second-order valence-corrected chi connectivity index (χ2v) is 6.71. The van der Waals surface area contributed by atoms with Crippen molar-refractivity contribution in [3.63, 3.8) is 0 Å². The largest absolute Gasteiger partial charge is 0.490 e. The number of nitriles is 1. The predicted molar refractivity (Wildman–Crippen MR) is 116 cm³/mol. The van der Waals surface area contributed by atoms with E-state index in [1.807, 2.05) is 6.07 Å². The van der Waals surface area contributed by atoms with Crippen LogP contribution in [0.2, 0.25) is 0 Å². The fourth-order valence-electron chi connectivity index (χ4n) is 2.97. The van der Waals surface area contributed by atoms with Gasteiger partial charge in [-0.25, -0.2) is 0 Å². The van der Waals surface area contributed by atoms with Crippen molar-refractivity contribution in [2.75, 3.05) is 6.61 Å². The molecule has 0 amide bonds. The summed E-state index contributed by atoms with van der Waals surface area (Å²) >= 11 is 0. The summed E-state index contributed by atoms with van der Waals surface area (Å²) in [6.45, 7) is 1.96. The molecule has 0 spiro atoms. The summed E-state index contributed by atoms with van der Waals surface area (Å²) in [5.74, 6) is -0.0693. The van der Waals surface area contributed by atoms with Gasteiger partial charge >= 0.3 is 11.9 Å². The van der Waals surface area contributed by atoms with Crippen LogP contribution in [0.1, 0.15) is 23.6 Å². The standard InChI is InChI=1S/C24H17F3N2O4/c1-2-32-23-13-16(12-18(15-28)17-6-4-3-5-7-17)8-10-22(23)33-21-11-9-19(24(25,26)27)14-20(21)29(30)31/h3-14H,2H2,1H3/b18-12+. The lowest BCUT2D eigenvalue weighted by molar-refractivity contribution is -0.385. The molecule has 9 heteroatoms. The monoisotopic (exact) mass is 454 g/mol. The molecule has 3 aromatic rings. The average Bonchev–Trinajstić information content (AvgIpc) is 2.79. The number of alkyl halides is 3. The predicted octanol–water partition coefficient (Wildman–Crippen LogP) is 6.87. The molecule has 0 aliphatic rings. The fourth-order valence-corrected chi connectivity index (χ4v) is 2.97. The van der Waals surface area contributed by atoms with Crippen molar-refractivity contribution in [1.29, 1.82) is 5.26 Å². The summed E-state index contributed by atoms with van der Waals surface area (Å²) in [7, 11) is 0. The first-order valence-corrected chi connectivity index (χ1v) is 9.70. The van der Waals surface area contributed by atoms with Crippen LogP contribution < -0.4 is 9.47 Å². The lowest BCUT2D eigenvalue weighted by atomic mass is 10.0. The van der Waals surface area contributed by atoms with Gasteiger partial charge in [-0.2, -0.15) is 18.4 Å². The molecule has 0 radical (unpaired) electrons. The number of nitrogens with zero attached hydrogens (tertiary/aromatic N) is 2. The summed E-state index contributed by atoms with van der Waals surface area (Å²) in [6, 6.07) is 17.8. The molecule has 168 valence electrons. The van der Waals surface area contributed by atoms with Crippen molar-refractivity contribution in [2.24, 2.45) is 0 Å². The van der Waals surface area contributed by atoms with E-state index >= 15 is 0 Å². The Hall–Kier alpha value is -4.32. The highest BCUT2D eigenvalue weighted by molar-refractivity contribution is 5.89. The molecule has 33 heavy (non-hydrogen) atoms. The summed E-state index contributed by atoms with van der Waals surface area (Å²) in [5, 5.41) is 20.8. The fraction of sp³-hybridized carbons (Fsp3) is 0.125. The maximum Gasteiger partial charge on any atom is 0.416 e. The lowest BCUT2D eigenvalue weighted by Crippen LogP contribution is -2.06. The van der Waals surface area contributed by atoms with Crippen molar-refractivity contribution in [3.05, 3.63) is 93.5 Å². The van der Waals surface area contributed by atoms with E-state index in [1.165, 1.54) is 6.07 Å². The van der Waals surface area contributed by atoms with Crippen molar-refractivity contribution >= 4 is 17.3 Å². The van der Waals surface area contributed by atoms with Crippen LogP contribution in [0.25, 0.3) is 11.6 Å². The van der Waals surface area contributed by atoms with Gasteiger partial charge < -0.3 is 9.47 Å². The molecular formula is C24H17F3N2O4. The highest BCUT2D eigenvalue weighted by Crippen LogP contribution is 2.40. The van der Waals surface area contributed by atoms with Gasteiger partial charge in [0.15, 0.2) is 11.5 Å². The number of hydrogen-bond donors (Lipinski definition) is 0. The first-order valence-electron chi connectivity index (χ1n) is 9.70. The van der Waals surface area contributed by atoms with Gasteiger partial charge in [0.05, 0.1) is 28.7 Å². The topological polar surface area (TPSA) is 85.4 Å². The quantitative estimate of drug-likeness (QED) is 0.168. The zero-order valence-corrected chi connectivity index (χ0v) is 17.3. The van der Waals surface area contributed by atoms with Crippen LogP contribution in [0.3, 0.4) is 0 Å². The Balaban J connectivity index is 1.99. The van der Waals surface area contributed by atoms with Crippen LogP contribution in [-0.4, -0.2) is 11.5 Å². The van der Waals surface area contributed by atoms with Gasteiger partial charge in [-0.3, -0.25) is 10.1 Å². The number of halogens is 3. The number of allylic oxidation sites excluding steroid dienone is 1. The molecule has 0 saturated carbocycles. The van der Waals surface area contributed by atoms with Gasteiger partial charge in [0.1, 0.15) is 0 Å². The van der Waals surface area contributed by atoms with E-state index in [1.54, 1.807) is 49.4 Å². The third-order valence-electron chi connectivity index (χ3n) is 4.49. The summed E-state index contributed by atoms with van der Waals surface area (Å²) in [4.78, 5) is 10.4. The molecule has 0 aliphatic heterocycles. The number of nitro benzene ring substituents is 1. The average molecular weight is 454 g/mol. The molecule has 0 aliphatic carbocycles. The molecule has 0 heterocycles. The van der Waals surface area contributed by atoms with E-state index in [0.29, 0.717) is 23.3 Å². The number of ether oxygens (including phenoxy) is 2. The second kappa shape index (κ2) is 9.87. The number of nitro groups is 1. The first kappa shape index (κ1) is 23.3. The van der Waals surface area contributed by atoms with Crippen LogP contribution in [0.5, 0.6) is 17.2 Å². The Morgan fingerprint density at radius 1 is 1.06 bits per heavy atom. The smallest absolute Gasteiger partial charge is 0.416 e.